The summed E-state index contributed by atoms with van der Waals surface area (Å²) >= 11 is 0. The molecule has 3 aromatic rings. The van der Waals surface area contributed by atoms with Gasteiger partial charge in [0.15, 0.2) is 0 Å². The van der Waals surface area contributed by atoms with Crippen LogP contribution in [0.3, 0.4) is 0 Å². The van der Waals surface area contributed by atoms with E-state index >= 15 is 0 Å². The summed E-state index contributed by atoms with van der Waals surface area (Å²) in [6.45, 7) is 6.58. The first-order chi connectivity index (χ1) is 11.5. The second-order valence-corrected chi connectivity index (χ2v) is 6.92. The van der Waals surface area contributed by atoms with Crippen LogP contribution in [0.5, 0.6) is 0 Å². The Labute approximate surface area is 143 Å². The van der Waals surface area contributed by atoms with E-state index in [1.165, 1.54) is 5.56 Å². The summed E-state index contributed by atoms with van der Waals surface area (Å²) in [4.78, 5) is 17.0. The lowest BCUT2D eigenvalue weighted by molar-refractivity contribution is 0.103. The lowest BCUT2D eigenvalue weighted by Crippen LogP contribution is -2.10. The van der Waals surface area contributed by atoms with E-state index in [9.17, 15) is 4.79 Å². The van der Waals surface area contributed by atoms with Crippen molar-refractivity contribution in [3.8, 4) is 11.1 Å². The van der Waals surface area contributed by atoms with Gasteiger partial charge in [-0.3, -0.25) is 9.78 Å². The highest BCUT2D eigenvalue weighted by Gasteiger charge is 2.17. The fourth-order valence-corrected chi connectivity index (χ4v) is 2.72. The van der Waals surface area contributed by atoms with Crippen LogP contribution in [-0.4, -0.2) is 10.8 Å². The van der Waals surface area contributed by atoms with Crippen LogP contribution in [-0.2, 0) is 5.41 Å². The number of pyridine rings is 1. The van der Waals surface area contributed by atoms with E-state index in [1.807, 2.05) is 36.4 Å². The normalized spacial score (nSPS) is 11.3. The van der Waals surface area contributed by atoms with Crippen LogP contribution >= 0.6 is 0 Å². The molecule has 0 atom stereocenters. The third-order valence-corrected chi connectivity index (χ3v) is 4.13. The van der Waals surface area contributed by atoms with Crippen LogP contribution < -0.4 is 0 Å². The maximum absolute atomic E-state index is 12.8. The van der Waals surface area contributed by atoms with Crippen LogP contribution in [0.1, 0.15) is 42.4 Å². The summed E-state index contributed by atoms with van der Waals surface area (Å²) in [6.07, 6.45) is 1.65. The average molecular weight is 315 g/mol. The van der Waals surface area contributed by atoms with Crippen LogP contribution in [0.4, 0.5) is 0 Å². The van der Waals surface area contributed by atoms with Crippen molar-refractivity contribution in [2.24, 2.45) is 0 Å². The van der Waals surface area contributed by atoms with Crippen molar-refractivity contribution in [2.75, 3.05) is 0 Å². The molecular weight excluding hydrogens is 294 g/mol. The van der Waals surface area contributed by atoms with Gasteiger partial charge in [0.2, 0.25) is 5.78 Å². The molecule has 0 aliphatic rings. The molecule has 0 aliphatic heterocycles. The van der Waals surface area contributed by atoms with Gasteiger partial charge in [0.1, 0.15) is 5.69 Å². The van der Waals surface area contributed by atoms with Gasteiger partial charge in [0, 0.05) is 11.8 Å². The molecule has 0 fully saturated rings. The second-order valence-electron chi connectivity index (χ2n) is 6.92. The number of hydrogen-bond donors (Lipinski definition) is 0. The molecule has 0 radical (unpaired) electrons. The standard InChI is InChI=1S/C22H21NO/c1-22(2,3)17-13-11-16(12-14-17)18-8-4-5-9-19(18)21(24)20-10-6-7-15-23-20/h4-15H,1-3H3. The molecule has 0 saturated heterocycles. The number of carbonyl (C=O) groups excluding carboxylic acids is 1. The molecule has 1 aromatic heterocycles. The van der Waals surface area contributed by atoms with Crippen LogP contribution in [0.15, 0.2) is 72.9 Å². The molecule has 0 bridgehead atoms. The van der Waals surface area contributed by atoms with E-state index in [0.29, 0.717) is 11.3 Å². The number of rotatable bonds is 3. The minimum absolute atomic E-state index is 0.0499. The summed E-state index contributed by atoms with van der Waals surface area (Å²) < 4.78 is 0. The van der Waals surface area contributed by atoms with Gasteiger partial charge in [-0.1, -0.05) is 75.4 Å². The summed E-state index contributed by atoms with van der Waals surface area (Å²) in [7, 11) is 0. The van der Waals surface area contributed by atoms with E-state index in [2.05, 4.69) is 50.0 Å². The Morgan fingerprint density at radius 1 is 0.833 bits per heavy atom. The summed E-state index contributed by atoms with van der Waals surface area (Å²) in [6, 6.07) is 21.6. The quantitative estimate of drug-likeness (QED) is 0.616. The van der Waals surface area contributed by atoms with Gasteiger partial charge in [-0.15, -0.1) is 0 Å². The highest BCUT2D eigenvalue weighted by molar-refractivity contribution is 6.11. The maximum atomic E-state index is 12.8. The first-order valence-electron chi connectivity index (χ1n) is 8.12. The minimum Gasteiger partial charge on any atom is -0.287 e. The summed E-state index contributed by atoms with van der Waals surface area (Å²) in [5.74, 6) is -0.0499. The zero-order valence-electron chi connectivity index (χ0n) is 14.3. The van der Waals surface area contributed by atoms with Crippen molar-refractivity contribution in [3.63, 3.8) is 0 Å². The van der Waals surface area contributed by atoms with E-state index in [-0.39, 0.29) is 11.2 Å². The van der Waals surface area contributed by atoms with E-state index in [1.54, 1.807) is 12.3 Å². The molecule has 2 heteroatoms. The number of ketones is 1. The van der Waals surface area contributed by atoms with Gasteiger partial charge < -0.3 is 0 Å². The topological polar surface area (TPSA) is 30.0 Å². The average Bonchev–Trinajstić information content (AvgIpc) is 2.61. The number of benzene rings is 2. The number of aromatic nitrogens is 1. The van der Waals surface area contributed by atoms with E-state index < -0.39 is 0 Å². The van der Waals surface area contributed by atoms with Crippen LogP contribution in [0.25, 0.3) is 11.1 Å². The molecule has 0 saturated carbocycles. The van der Waals surface area contributed by atoms with Crippen molar-refractivity contribution in [1.29, 1.82) is 0 Å². The van der Waals surface area contributed by atoms with Gasteiger partial charge in [-0.05, 0) is 34.2 Å². The second kappa shape index (κ2) is 6.40. The SMILES string of the molecule is CC(C)(C)c1ccc(-c2ccccc2C(=O)c2ccccn2)cc1. The molecule has 0 aliphatic carbocycles. The van der Waals surface area contributed by atoms with Crippen molar-refractivity contribution in [2.45, 2.75) is 26.2 Å². The third-order valence-electron chi connectivity index (χ3n) is 4.13. The highest BCUT2D eigenvalue weighted by atomic mass is 16.1. The molecule has 3 rings (SSSR count). The molecule has 2 aromatic carbocycles. The molecule has 0 spiro atoms. The summed E-state index contributed by atoms with van der Waals surface area (Å²) in [5, 5.41) is 0. The predicted octanol–water partition coefficient (Wildman–Crippen LogP) is 5.28. The van der Waals surface area contributed by atoms with Crippen molar-refractivity contribution in [3.05, 3.63) is 89.7 Å². The van der Waals surface area contributed by atoms with Crippen LogP contribution in [0.2, 0.25) is 0 Å². The first-order valence-corrected chi connectivity index (χ1v) is 8.12. The zero-order valence-corrected chi connectivity index (χ0v) is 14.3. The Kier molecular flexibility index (Phi) is 4.30. The van der Waals surface area contributed by atoms with Gasteiger partial charge >= 0.3 is 0 Å². The maximum Gasteiger partial charge on any atom is 0.211 e. The van der Waals surface area contributed by atoms with Crippen molar-refractivity contribution < 1.29 is 4.79 Å². The monoisotopic (exact) mass is 315 g/mol. The van der Waals surface area contributed by atoms with E-state index in [0.717, 1.165) is 11.1 Å². The van der Waals surface area contributed by atoms with Crippen LogP contribution in [0, 0.1) is 0 Å². The van der Waals surface area contributed by atoms with E-state index in [4.69, 9.17) is 0 Å². The molecule has 0 N–H and O–H groups in total. The third kappa shape index (κ3) is 3.28. The van der Waals surface area contributed by atoms with Gasteiger partial charge in [-0.25, -0.2) is 0 Å². The Balaban J connectivity index is 2.03. The van der Waals surface area contributed by atoms with Crippen molar-refractivity contribution >= 4 is 5.78 Å². The van der Waals surface area contributed by atoms with Crippen molar-refractivity contribution in [1.82, 2.24) is 4.98 Å². The Hall–Kier alpha value is -2.74. The number of nitrogens with zero attached hydrogens (tertiary/aromatic N) is 1. The lowest BCUT2D eigenvalue weighted by atomic mass is 9.85. The lowest BCUT2D eigenvalue weighted by Gasteiger charge is -2.19. The zero-order chi connectivity index (χ0) is 17.2. The highest BCUT2D eigenvalue weighted by Crippen LogP contribution is 2.29. The molecule has 0 amide bonds. The smallest absolute Gasteiger partial charge is 0.211 e. The largest absolute Gasteiger partial charge is 0.287 e. The molecule has 0 unspecified atom stereocenters. The number of hydrogen-bond acceptors (Lipinski definition) is 2. The molecule has 1 heterocycles. The Morgan fingerprint density at radius 2 is 1.50 bits per heavy atom. The Bertz CT molecular complexity index is 843. The summed E-state index contributed by atoms with van der Waals surface area (Å²) in [5.41, 5.74) is 4.52. The van der Waals surface area contributed by atoms with Gasteiger partial charge in [0.25, 0.3) is 0 Å². The fourth-order valence-electron chi connectivity index (χ4n) is 2.72. The molecule has 2 nitrogen and oxygen atoms in total. The predicted molar refractivity (Wildman–Crippen MR) is 98.2 cm³/mol. The molecule has 120 valence electrons. The molecular formula is C22H21NO. The Morgan fingerprint density at radius 3 is 2.12 bits per heavy atom. The number of carbonyl (C=O) groups is 1. The first kappa shape index (κ1) is 16.1. The fraction of sp³-hybridized carbons (Fsp3) is 0.182. The molecule has 24 heavy (non-hydrogen) atoms. The minimum atomic E-state index is -0.0499. The van der Waals surface area contributed by atoms with Gasteiger partial charge in [-0.2, -0.15) is 0 Å². The van der Waals surface area contributed by atoms with Gasteiger partial charge in [0.05, 0.1) is 0 Å².